The minimum Gasteiger partial charge on any atom is -0.352 e. The van der Waals surface area contributed by atoms with Crippen LogP contribution < -0.4 is 11.1 Å². The molecule has 0 aliphatic heterocycles. The molecule has 0 saturated carbocycles. The Balaban J connectivity index is 2.79. The monoisotopic (exact) mass is 292 g/mol. The molecule has 1 aromatic rings. The molecule has 1 aromatic carbocycles. The van der Waals surface area contributed by atoms with Crippen molar-refractivity contribution < 1.29 is 22.4 Å². The summed E-state index contributed by atoms with van der Waals surface area (Å²) in [6.45, 7) is 2.62. The lowest BCUT2D eigenvalue weighted by Crippen LogP contribution is -2.29. The number of hydrogen-bond donors (Lipinski definition) is 2. The van der Waals surface area contributed by atoms with Crippen molar-refractivity contribution in [3.05, 3.63) is 35.1 Å². The van der Waals surface area contributed by atoms with Gasteiger partial charge in [0, 0.05) is 12.1 Å². The number of halogens is 4. The molecule has 0 radical (unpaired) electrons. The second kappa shape index (κ2) is 6.69. The fourth-order valence-corrected chi connectivity index (χ4v) is 1.64. The van der Waals surface area contributed by atoms with E-state index in [2.05, 4.69) is 5.32 Å². The van der Waals surface area contributed by atoms with Gasteiger partial charge in [0.1, 0.15) is 5.82 Å². The van der Waals surface area contributed by atoms with Gasteiger partial charge < -0.3 is 11.1 Å². The number of rotatable bonds is 5. The number of carbonyl (C=O) groups is 1. The minimum atomic E-state index is -4.83. The predicted octanol–water partition coefficient (Wildman–Crippen LogP) is 2.56. The molecule has 0 saturated heterocycles. The van der Waals surface area contributed by atoms with E-state index in [4.69, 9.17) is 5.73 Å². The van der Waals surface area contributed by atoms with Crippen molar-refractivity contribution in [3.8, 4) is 0 Å². The topological polar surface area (TPSA) is 55.1 Å². The third kappa shape index (κ3) is 4.48. The van der Waals surface area contributed by atoms with Crippen molar-refractivity contribution >= 4 is 5.91 Å². The highest BCUT2D eigenvalue weighted by atomic mass is 19.4. The standard InChI is InChI=1S/C13H16F4N2O/c1-8(4-5-18)7-19-12(20)9-2-3-11(14)10(6-9)13(15,16)17/h2-3,6,8H,4-5,7,18H2,1H3,(H,19,20). The van der Waals surface area contributed by atoms with E-state index in [1.54, 1.807) is 0 Å². The molecule has 112 valence electrons. The molecule has 7 heteroatoms. The van der Waals surface area contributed by atoms with Crippen molar-refractivity contribution in [3.63, 3.8) is 0 Å². The van der Waals surface area contributed by atoms with Crippen LogP contribution in [0.4, 0.5) is 17.6 Å². The molecule has 1 unspecified atom stereocenters. The lowest BCUT2D eigenvalue weighted by Gasteiger charge is -2.13. The number of nitrogens with one attached hydrogen (secondary N) is 1. The summed E-state index contributed by atoms with van der Waals surface area (Å²) in [7, 11) is 0. The zero-order valence-electron chi connectivity index (χ0n) is 10.9. The Morgan fingerprint density at radius 3 is 2.60 bits per heavy atom. The second-order valence-electron chi connectivity index (χ2n) is 4.58. The first-order valence-corrected chi connectivity index (χ1v) is 6.10. The van der Waals surface area contributed by atoms with Crippen LogP contribution in [-0.4, -0.2) is 19.0 Å². The molecule has 3 nitrogen and oxygen atoms in total. The van der Waals surface area contributed by atoms with Crippen molar-refractivity contribution in [2.75, 3.05) is 13.1 Å². The number of alkyl halides is 3. The van der Waals surface area contributed by atoms with E-state index >= 15 is 0 Å². The molecule has 1 atom stereocenters. The van der Waals surface area contributed by atoms with Gasteiger partial charge in [-0.15, -0.1) is 0 Å². The van der Waals surface area contributed by atoms with E-state index in [0.29, 0.717) is 31.6 Å². The first-order chi connectivity index (χ1) is 9.25. The number of nitrogens with two attached hydrogens (primary N) is 1. The summed E-state index contributed by atoms with van der Waals surface area (Å²) < 4.78 is 50.6. The maximum atomic E-state index is 13.1. The van der Waals surface area contributed by atoms with Gasteiger partial charge in [-0.2, -0.15) is 13.2 Å². The quantitative estimate of drug-likeness (QED) is 0.819. The third-order valence-electron chi connectivity index (χ3n) is 2.80. The minimum absolute atomic E-state index is 0.117. The molecule has 0 spiro atoms. The lowest BCUT2D eigenvalue weighted by molar-refractivity contribution is -0.140. The Hall–Kier alpha value is -1.63. The molecule has 0 aliphatic rings. The van der Waals surface area contributed by atoms with Gasteiger partial charge in [-0.1, -0.05) is 6.92 Å². The van der Waals surface area contributed by atoms with Crippen molar-refractivity contribution in [1.29, 1.82) is 0 Å². The summed E-state index contributed by atoms with van der Waals surface area (Å²) in [5, 5.41) is 2.50. The van der Waals surface area contributed by atoms with Gasteiger partial charge in [-0.3, -0.25) is 4.79 Å². The van der Waals surface area contributed by atoms with Gasteiger partial charge in [-0.25, -0.2) is 4.39 Å². The maximum absolute atomic E-state index is 13.1. The van der Waals surface area contributed by atoms with Crippen molar-refractivity contribution in [1.82, 2.24) is 5.32 Å². The molecule has 0 bridgehead atoms. The summed E-state index contributed by atoms with van der Waals surface area (Å²) in [5.41, 5.74) is 3.68. The van der Waals surface area contributed by atoms with Crippen LogP contribution in [0.25, 0.3) is 0 Å². The number of carbonyl (C=O) groups excluding carboxylic acids is 1. The smallest absolute Gasteiger partial charge is 0.352 e. The van der Waals surface area contributed by atoms with Crippen LogP contribution in [0, 0.1) is 11.7 Å². The Labute approximate surface area is 114 Å². The number of benzene rings is 1. The molecular formula is C13H16F4N2O. The van der Waals surface area contributed by atoms with Gasteiger partial charge in [0.25, 0.3) is 5.91 Å². The highest BCUT2D eigenvalue weighted by Crippen LogP contribution is 2.31. The first-order valence-electron chi connectivity index (χ1n) is 6.10. The van der Waals surface area contributed by atoms with Gasteiger partial charge in [0.2, 0.25) is 0 Å². The number of amides is 1. The van der Waals surface area contributed by atoms with Gasteiger partial charge >= 0.3 is 6.18 Å². The van der Waals surface area contributed by atoms with Gasteiger partial charge in [0.05, 0.1) is 5.56 Å². The van der Waals surface area contributed by atoms with Crippen molar-refractivity contribution in [2.45, 2.75) is 19.5 Å². The predicted molar refractivity (Wildman–Crippen MR) is 66.6 cm³/mol. The summed E-state index contributed by atoms with van der Waals surface area (Å²) in [6.07, 6.45) is -4.13. The first kappa shape index (κ1) is 16.4. The van der Waals surface area contributed by atoms with E-state index < -0.39 is 23.5 Å². The summed E-state index contributed by atoms with van der Waals surface area (Å²) in [6, 6.07) is 2.17. The van der Waals surface area contributed by atoms with Crippen LogP contribution in [0.2, 0.25) is 0 Å². The van der Waals surface area contributed by atoms with E-state index in [-0.39, 0.29) is 11.5 Å². The molecule has 0 aromatic heterocycles. The highest BCUT2D eigenvalue weighted by molar-refractivity contribution is 5.94. The molecule has 3 N–H and O–H groups in total. The normalized spacial score (nSPS) is 13.1. The fraction of sp³-hybridized carbons (Fsp3) is 0.462. The van der Waals surface area contributed by atoms with Crippen LogP contribution >= 0.6 is 0 Å². The molecule has 1 amide bonds. The van der Waals surface area contributed by atoms with E-state index in [1.165, 1.54) is 0 Å². The van der Waals surface area contributed by atoms with E-state index in [0.717, 1.165) is 6.07 Å². The van der Waals surface area contributed by atoms with Crippen molar-refractivity contribution in [2.24, 2.45) is 11.7 Å². The van der Waals surface area contributed by atoms with E-state index in [1.807, 2.05) is 6.92 Å². The Bertz CT molecular complexity index is 474. The average Bonchev–Trinajstić information content (AvgIpc) is 2.35. The molecule has 1 rings (SSSR count). The van der Waals surface area contributed by atoms with Crippen LogP contribution in [-0.2, 0) is 6.18 Å². The third-order valence-corrected chi connectivity index (χ3v) is 2.80. The zero-order valence-corrected chi connectivity index (χ0v) is 10.9. The zero-order chi connectivity index (χ0) is 15.3. The van der Waals surface area contributed by atoms with Gasteiger partial charge in [-0.05, 0) is 37.1 Å². The van der Waals surface area contributed by atoms with Crippen LogP contribution in [0.1, 0.15) is 29.3 Å². The fourth-order valence-electron chi connectivity index (χ4n) is 1.64. The molecule has 0 fully saturated rings. The lowest BCUT2D eigenvalue weighted by atomic mass is 10.1. The molecular weight excluding hydrogens is 276 g/mol. The maximum Gasteiger partial charge on any atom is 0.419 e. The number of hydrogen-bond acceptors (Lipinski definition) is 2. The van der Waals surface area contributed by atoms with Crippen LogP contribution in [0.3, 0.4) is 0 Å². The average molecular weight is 292 g/mol. The molecule has 0 heterocycles. The summed E-state index contributed by atoms with van der Waals surface area (Å²) in [5.74, 6) is -1.95. The molecule has 0 aliphatic carbocycles. The Morgan fingerprint density at radius 2 is 2.05 bits per heavy atom. The largest absolute Gasteiger partial charge is 0.419 e. The van der Waals surface area contributed by atoms with E-state index in [9.17, 15) is 22.4 Å². The second-order valence-corrected chi connectivity index (χ2v) is 4.58. The Kier molecular flexibility index (Phi) is 5.50. The molecule has 20 heavy (non-hydrogen) atoms. The van der Waals surface area contributed by atoms with Crippen LogP contribution in [0.15, 0.2) is 18.2 Å². The summed E-state index contributed by atoms with van der Waals surface area (Å²) in [4.78, 5) is 11.7. The van der Waals surface area contributed by atoms with Gasteiger partial charge in [0.15, 0.2) is 0 Å². The Morgan fingerprint density at radius 1 is 1.40 bits per heavy atom. The van der Waals surface area contributed by atoms with Crippen LogP contribution in [0.5, 0.6) is 0 Å². The summed E-state index contributed by atoms with van der Waals surface area (Å²) >= 11 is 0. The highest BCUT2D eigenvalue weighted by Gasteiger charge is 2.34. The SMILES string of the molecule is CC(CCN)CNC(=O)c1ccc(F)c(C(F)(F)F)c1.